The molecular weight excluding hydrogens is 238 g/mol. The molecule has 0 aliphatic rings. The fourth-order valence-corrected chi connectivity index (χ4v) is 2.25. The Morgan fingerprint density at radius 1 is 1.16 bits per heavy atom. The average molecular weight is 253 g/mol. The topological polar surface area (TPSA) is 58.8 Å². The van der Waals surface area contributed by atoms with Crippen molar-refractivity contribution in [2.24, 2.45) is 0 Å². The number of ether oxygens (including phenoxy) is 1. The summed E-state index contributed by atoms with van der Waals surface area (Å²) in [6.07, 6.45) is 3.74. The lowest BCUT2D eigenvalue weighted by atomic mass is 10.0. The number of hydrogen-bond acceptors (Lipinski definition) is 4. The molecule has 1 aromatic heterocycles. The van der Waals surface area contributed by atoms with E-state index in [1.54, 1.807) is 13.3 Å². The van der Waals surface area contributed by atoms with Crippen LogP contribution in [-0.2, 0) is 6.42 Å². The predicted molar refractivity (Wildman–Crippen MR) is 72.0 cm³/mol. The fraction of sp³-hybridized carbons (Fsp3) is 0.267. The van der Waals surface area contributed by atoms with Crippen LogP contribution in [0.3, 0.4) is 0 Å². The molecular formula is C15H15N3O. The molecule has 0 unspecified atom stereocenters. The molecule has 0 saturated heterocycles. The Morgan fingerprint density at radius 2 is 1.79 bits per heavy atom. The van der Waals surface area contributed by atoms with E-state index >= 15 is 0 Å². The third-order valence-electron chi connectivity index (χ3n) is 2.98. The van der Waals surface area contributed by atoms with Gasteiger partial charge in [-0.15, -0.1) is 0 Å². The highest BCUT2D eigenvalue weighted by Crippen LogP contribution is 2.25. The molecule has 0 atom stereocenters. The van der Waals surface area contributed by atoms with Gasteiger partial charge in [0.15, 0.2) is 5.69 Å². The third kappa shape index (κ3) is 2.71. The van der Waals surface area contributed by atoms with Gasteiger partial charge in [0.1, 0.15) is 11.8 Å². The molecule has 0 amide bonds. The third-order valence-corrected chi connectivity index (χ3v) is 2.98. The van der Waals surface area contributed by atoms with Crippen molar-refractivity contribution in [2.45, 2.75) is 20.3 Å². The van der Waals surface area contributed by atoms with Crippen LogP contribution in [0.1, 0.15) is 28.1 Å². The zero-order valence-electron chi connectivity index (χ0n) is 11.3. The van der Waals surface area contributed by atoms with E-state index in [-0.39, 0.29) is 0 Å². The molecule has 0 N–H and O–H groups in total. The van der Waals surface area contributed by atoms with Gasteiger partial charge < -0.3 is 4.74 Å². The number of nitrogens with zero attached hydrogens (tertiary/aromatic N) is 3. The molecule has 4 heteroatoms. The highest BCUT2D eigenvalue weighted by molar-refractivity contribution is 5.44. The van der Waals surface area contributed by atoms with Crippen LogP contribution in [0.4, 0.5) is 0 Å². The molecule has 4 nitrogen and oxygen atoms in total. The second-order valence-corrected chi connectivity index (χ2v) is 4.40. The highest BCUT2D eigenvalue weighted by Gasteiger charge is 2.09. The van der Waals surface area contributed by atoms with Gasteiger partial charge in [-0.1, -0.05) is 12.1 Å². The number of rotatable bonds is 3. The summed E-state index contributed by atoms with van der Waals surface area (Å²) >= 11 is 0. The summed E-state index contributed by atoms with van der Waals surface area (Å²) in [6, 6.07) is 6.18. The van der Waals surface area contributed by atoms with E-state index in [0.29, 0.717) is 17.8 Å². The van der Waals surface area contributed by atoms with Crippen LogP contribution in [0.2, 0.25) is 0 Å². The van der Waals surface area contributed by atoms with E-state index in [9.17, 15) is 0 Å². The van der Waals surface area contributed by atoms with Crippen LogP contribution >= 0.6 is 0 Å². The molecule has 2 aromatic rings. The Bertz CT molecular complexity index is 621. The number of benzene rings is 1. The van der Waals surface area contributed by atoms with Crippen LogP contribution < -0.4 is 4.74 Å². The molecule has 2 rings (SSSR count). The Labute approximate surface area is 112 Å². The van der Waals surface area contributed by atoms with Crippen molar-refractivity contribution < 1.29 is 4.74 Å². The minimum atomic E-state index is 0.383. The SMILES string of the molecule is COc1c(C)cc(Cc2nccnc2C#N)cc1C. The minimum Gasteiger partial charge on any atom is -0.496 e. The van der Waals surface area contributed by atoms with E-state index in [4.69, 9.17) is 10.00 Å². The largest absolute Gasteiger partial charge is 0.496 e. The van der Waals surface area contributed by atoms with Crippen LogP contribution in [0.15, 0.2) is 24.5 Å². The first kappa shape index (κ1) is 13.0. The van der Waals surface area contributed by atoms with Gasteiger partial charge in [-0.3, -0.25) is 4.98 Å². The summed E-state index contributed by atoms with van der Waals surface area (Å²) in [4.78, 5) is 8.25. The summed E-state index contributed by atoms with van der Waals surface area (Å²) in [5.74, 6) is 0.906. The first-order valence-electron chi connectivity index (χ1n) is 5.99. The number of aromatic nitrogens is 2. The number of hydrogen-bond donors (Lipinski definition) is 0. The maximum absolute atomic E-state index is 9.02. The summed E-state index contributed by atoms with van der Waals surface area (Å²) in [5.41, 5.74) is 4.36. The molecule has 1 aromatic carbocycles. The lowest BCUT2D eigenvalue weighted by Gasteiger charge is -2.11. The van der Waals surface area contributed by atoms with Crippen LogP contribution in [-0.4, -0.2) is 17.1 Å². The maximum Gasteiger partial charge on any atom is 0.162 e. The summed E-state index contributed by atoms with van der Waals surface area (Å²) in [7, 11) is 1.67. The lowest BCUT2D eigenvalue weighted by molar-refractivity contribution is 0.408. The maximum atomic E-state index is 9.02. The van der Waals surface area contributed by atoms with Gasteiger partial charge in [-0.05, 0) is 30.5 Å². The normalized spacial score (nSPS) is 10.0. The average Bonchev–Trinajstić information content (AvgIpc) is 2.39. The Kier molecular flexibility index (Phi) is 3.76. The number of methoxy groups -OCH3 is 1. The Balaban J connectivity index is 2.37. The Morgan fingerprint density at radius 3 is 2.37 bits per heavy atom. The van der Waals surface area contributed by atoms with E-state index in [1.807, 2.05) is 13.8 Å². The van der Waals surface area contributed by atoms with Crippen LogP contribution in [0, 0.1) is 25.2 Å². The monoisotopic (exact) mass is 253 g/mol. The van der Waals surface area contributed by atoms with Gasteiger partial charge in [0, 0.05) is 18.8 Å². The van der Waals surface area contributed by atoms with Gasteiger partial charge in [0.05, 0.1) is 12.8 Å². The van der Waals surface area contributed by atoms with E-state index in [0.717, 1.165) is 22.4 Å². The van der Waals surface area contributed by atoms with E-state index < -0.39 is 0 Å². The van der Waals surface area contributed by atoms with E-state index in [2.05, 4.69) is 28.2 Å². The van der Waals surface area contributed by atoms with Crippen molar-refractivity contribution in [1.82, 2.24) is 9.97 Å². The Hall–Kier alpha value is -2.41. The zero-order chi connectivity index (χ0) is 13.8. The highest BCUT2D eigenvalue weighted by atomic mass is 16.5. The molecule has 0 aliphatic carbocycles. The zero-order valence-corrected chi connectivity index (χ0v) is 11.3. The van der Waals surface area contributed by atoms with Crippen molar-refractivity contribution >= 4 is 0 Å². The molecule has 0 aliphatic heterocycles. The van der Waals surface area contributed by atoms with Crippen molar-refractivity contribution in [3.63, 3.8) is 0 Å². The molecule has 0 spiro atoms. The second kappa shape index (κ2) is 5.49. The summed E-state index contributed by atoms with van der Waals surface area (Å²) in [5, 5.41) is 9.02. The minimum absolute atomic E-state index is 0.383. The van der Waals surface area contributed by atoms with Crippen molar-refractivity contribution in [1.29, 1.82) is 5.26 Å². The number of aryl methyl sites for hydroxylation is 2. The van der Waals surface area contributed by atoms with Gasteiger partial charge in [-0.25, -0.2) is 4.98 Å². The van der Waals surface area contributed by atoms with Gasteiger partial charge in [-0.2, -0.15) is 5.26 Å². The first-order valence-corrected chi connectivity index (χ1v) is 5.99. The predicted octanol–water partition coefficient (Wildman–Crippen LogP) is 2.56. The van der Waals surface area contributed by atoms with Gasteiger partial charge in [0.25, 0.3) is 0 Å². The van der Waals surface area contributed by atoms with Gasteiger partial charge >= 0.3 is 0 Å². The van der Waals surface area contributed by atoms with Crippen molar-refractivity contribution in [2.75, 3.05) is 7.11 Å². The first-order chi connectivity index (χ1) is 9.15. The van der Waals surface area contributed by atoms with Gasteiger partial charge in [0.2, 0.25) is 0 Å². The molecule has 0 fully saturated rings. The smallest absolute Gasteiger partial charge is 0.162 e. The number of nitriles is 1. The van der Waals surface area contributed by atoms with Crippen molar-refractivity contribution in [3.8, 4) is 11.8 Å². The lowest BCUT2D eigenvalue weighted by Crippen LogP contribution is -2.00. The molecule has 96 valence electrons. The summed E-state index contributed by atoms with van der Waals surface area (Å²) < 4.78 is 5.35. The molecule has 19 heavy (non-hydrogen) atoms. The van der Waals surface area contributed by atoms with Crippen LogP contribution in [0.5, 0.6) is 5.75 Å². The molecule has 0 radical (unpaired) electrons. The van der Waals surface area contributed by atoms with Crippen LogP contribution in [0.25, 0.3) is 0 Å². The molecule has 0 bridgehead atoms. The molecule has 1 heterocycles. The van der Waals surface area contributed by atoms with Crippen molar-refractivity contribution in [3.05, 3.63) is 52.6 Å². The van der Waals surface area contributed by atoms with E-state index in [1.165, 1.54) is 6.20 Å². The quantitative estimate of drug-likeness (QED) is 0.843. The fourth-order valence-electron chi connectivity index (χ4n) is 2.25. The second-order valence-electron chi connectivity index (χ2n) is 4.40. The molecule has 0 saturated carbocycles. The summed E-state index contributed by atoms with van der Waals surface area (Å²) in [6.45, 7) is 4.02. The standard InChI is InChI=1S/C15H15N3O/c1-10-6-12(7-11(2)15(10)19-3)8-13-14(9-16)18-5-4-17-13/h4-7H,8H2,1-3H3.